The highest BCUT2D eigenvalue weighted by Gasteiger charge is 2.18. The van der Waals surface area contributed by atoms with Gasteiger partial charge in [-0.2, -0.15) is 5.10 Å². The average molecular weight is 359 g/mol. The first-order valence-corrected chi connectivity index (χ1v) is 8.78. The van der Waals surface area contributed by atoms with Gasteiger partial charge in [0, 0.05) is 19.2 Å². The Morgan fingerprint density at radius 2 is 1.59 bits per heavy atom. The maximum atomic E-state index is 4.90. The summed E-state index contributed by atoms with van der Waals surface area (Å²) in [5, 5.41) is 9.07. The maximum Gasteiger partial charge on any atom is 0.164 e. The van der Waals surface area contributed by atoms with E-state index in [0.29, 0.717) is 0 Å². The predicted octanol–water partition coefficient (Wildman–Crippen LogP) is 4.72. The lowest BCUT2D eigenvalue weighted by Gasteiger charge is -2.06. The van der Waals surface area contributed by atoms with Crippen LogP contribution in [0.4, 0.5) is 5.82 Å². The molecule has 0 aliphatic rings. The van der Waals surface area contributed by atoms with Gasteiger partial charge >= 0.3 is 0 Å². The molecule has 0 saturated heterocycles. The van der Waals surface area contributed by atoms with Crippen molar-refractivity contribution in [2.24, 2.45) is 0 Å². The Morgan fingerprint density at radius 3 is 2.26 bits per heavy atom. The highest BCUT2D eigenvalue weighted by Crippen LogP contribution is 2.31. The zero-order chi connectivity index (χ0) is 17.9. The number of nitrogens with one attached hydrogen (secondary N) is 1. The van der Waals surface area contributed by atoms with E-state index >= 15 is 0 Å². The molecule has 0 amide bonds. The van der Waals surface area contributed by atoms with Crippen molar-refractivity contribution in [1.29, 1.82) is 0 Å². The molecule has 2 aromatic carbocycles. The molecule has 138 valence electrons. The summed E-state index contributed by atoms with van der Waals surface area (Å²) in [7, 11) is 1.89. The minimum atomic E-state index is 0. The smallest absolute Gasteiger partial charge is 0.164 e. The van der Waals surface area contributed by atoms with Gasteiger partial charge in [-0.3, -0.25) is 0 Å². The van der Waals surface area contributed by atoms with Gasteiger partial charge in [-0.1, -0.05) is 68.1 Å². The fourth-order valence-corrected chi connectivity index (χ4v) is 3.20. The van der Waals surface area contributed by atoms with E-state index in [1.165, 1.54) is 5.56 Å². The fourth-order valence-electron chi connectivity index (χ4n) is 3.20. The third kappa shape index (κ3) is 3.67. The van der Waals surface area contributed by atoms with Gasteiger partial charge in [-0.05, 0) is 18.9 Å². The lowest BCUT2D eigenvalue weighted by Crippen LogP contribution is -2.05. The van der Waals surface area contributed by atoms with Crippen molar-refractivity contribution < 1.29 is 0 Å². The van der Waals surface area contributed by atoms with Crippen LogP contribution in [0, 0.1) is 6.92 Å². The molecule has 0 saturated carbocycles. The first-order valence-electron chi connectivity index (χ1n) is 8.78. The van der Waals surface area contributed by atoms with Gasteiger partial charge in [0.1, 0.15) is 17.3 Å². The molecular weight excluding hydrogens is 334 g/mol. The second kappa shape index (κ2) is 7.99. The van der Waals surface area contributed by atoms with E-state index in [9.17, 15) is 0 Å². The number of rotatable bonds is 5. The Morgan fingerprint density at radius 1 is 0.926 bits per heavy atom. The topological polar surface area (TPSA) is 55.6 Å². The minimum absolute atomic E-state index is 0. The van der Waals surface area contributed by atoms with Gasteiger partial charge in [0.15, 0.2) is 5.65 Å². The quantitative estimate of drug-likeness (QED) is 0.560. The Bertz CT molecular complexity index is 1020. The number of hydrogen-bond donors (Lipinski definition) is 1. The number of aromatic nitrogens is 4. The van der Waals surface area contributed by atoms with Crippen LogP contribution in [0.15, 0.2) is 60.7 Å². The molecule has 1 N–H and O–H groups in total. The zero-order valence-electron chi connectivity index (χ0n) is 15.0. The van der Waals surface area contributed by atoms with E-state index in [4.69, 9.17) is 10.1 Å². The number of nitrogens with zero attached hydrogens (tertiary/aromatic N) is 4. The molecule has 4 rings (SSSR count). The molecular formula is C22H25N5. The van der Waals surface area contributed by atoms with E-state index < -0.39 is 0 Å². The molecule has 0 unspecified atom stereocenters. The highest BCUT2D eigenvalue weighted by atomic mass is 15.3. The van der Waals surface area contributed by atoms with Crippen molar-refractivity contribution in [3.63, 3.8) is 0 Å². The van der Waals surface area contributed by atoms with E-state index in [1.54, 1.807) is 0 Å². The van der Waals surface area contributed by atoms with Gasteiger partial charge in [-0.15, -0.1) is 0 Å². The molecule has 27 heavy (non-hydrogen) atoms. The van der Waals surface area contributed by atoms with Crippen molar-refractivity contribution >= 4 is 16.9 Å². The van der Waals surface area contributed by atoms with Crippen molar-refractivity contribution in [3.8, 4) is 11.3 Å². The number of anilines is 1. The van der Waals surface area contributed by atoms with Crippen LogP contribution < -0.4 is 5.32 Å². The average Bonchev–Trinajstić information content (AvgIpc) is 3.05. The van der Waals surface area contributed by atoms with Gasteiger partial charge < -0.3 is 5.32 Å². The molecule has 2 heterocycles. The number of hydrogen-bond acceptors (Lipinski definition) is 4. The summed E-state index contributed by atoms with van der Waals surface area (Å²) in [5.41, 5.74) is 4.14. The maximum absolute atomic E-state index is 4.90. The first kappa shape index (κ1) is 18.6. The lowest BCUT2D eigenvalue weighted by atomic mass is 10.1. The van der Waals surface area contributed by atoms with Crippen LogP contribution in [0.25, 0.3) is 22.3 Å². The van der Waals surface area contributed by atoms with Gasteiger partial charge in [0.05, 0.1) is 5.39 Å². The fraction of sp³-hybridized carbons (Fsp3) is 0.227. The molecule has 0 atom stereocenters. The third-order valence-corrected chi connectivity index (χ3v) is 4.44. The van der Waals surface area contributed by atoms with Crippen LogP contribution in [0.5, 0.6) is 0 Å². The largest absolute Gasteiger partial charge is 0.372 e. The van der Waals surface area contributed by atoms with E-state index in [2.05, 4.69) is 46.7 Å². The Labute approximate surface area is 160 Å². The van der Waals surface area contributed by atoms with Gasteiger partial charge in [0.2, 0.25) is 0 Å². The minimum Gasteiger partial charge on any atom is -0.372 e. The van der Waals surface area contributed by atoms with Gasteiger partial charge in [0.25, 0.3) is 0 Å². The summed E-state index contributed by atoms with van der Waals surface area (Å²) >= 11 is 0. The molecule has 5 heteroatoms. The number of aryl methyl sites for hydroxylation is 3. The monoisotopic (exact) mass is 359 g/mol. The molecule has 0 bridgehead atoms. The van der Waals surface area contributed by atoms with Crippen molar-refractivity contribution in [3.05, 3.63) is 72.1 Å². The molecule has 0 aliphatic heterocycles. The van der Waals surface area contributed by atoms with E-state index in [1.807, 2.05) is 42.9 Å². The van der Waals surface area contributed by atoms with Gasteiger partial charge in [-0.25, -0.2) is 14.6 Å². The molecule has 4 aromatic rings. The SMILES string of the molecule is C.CNc1nc(C)nc2c1c(-c1ccccc1)nn2CCc1ccccc1. The third-order valence-electron chi connectivity index (χ3n) is 4.44. The van der Waals surface area contributed by atoms with Crippen molar-refractivity contribution in [2.75, 3.05) is 12.4 Å². The second-order valence-corrected chi connectivity index (χ2v) is 6.24. The molecule has 0 aliphatic carbocycles. The summed E-state index contributed by atoms with van der Waals surface area (Å²) in [6.07, 6.45) is 0.907. The summed E-state index contributed by atoms with van der Waals surface area (Å²) in [5.74, 6) is 1.56. The molecule has 0 fully saturated rings. The standard InChI is InChI=1S/C21H21N5.CH4/c1-15-23-20(22-2)18-19(17-11-7-4-8-12-17)25-26(21(18)24-15)14-13-16-9-5-3-6-10-16;/h3-12H,13-14H2,1-2H3,(H,22,23,24);1H4. The summed E-state index contributed by atoms with van der Waals surface area (Å²) in [4.78, 5) is 9.25. The summed E-state index contributed by atoms with van der Waals surface area (Å²) < 4.78 is 2.00. The van der Waals surface area contributed by atoms with Crippen LogP contribution >= 0.6 is 0 Å². The summed E-state index contributed by atoms with van der Waals surface area (Å²) in [6.45, 7) is 2.68. The highest BCUT2D eigenvalue weighted by molar-refractivity contribution is 5.99. The van der Waals surface area contributed by atoms with E-state index in [-0.39, 0.29) is 7.43 Å². The summed E-state index contributed by atoms with van der Waals surface area (Å²) in [6, 6.07) is 20.7. The van der Waals surface area contributed by atoms with Crippen LogP contribution in [-0.2, 0) is 13.0 Å². The van der Waals surface area contributed by atoms with Crippen LogP contribution in [0.3, 0.4) is 0 Å². The van der Waals surface area contributed by atoms with Crippen molar-refractivity contribution in [1.82, 2.24) is 19.7 Å². The molecule has 5 nitrogen and oxygen atoms in total. The number of benzene rings is 2. The van der Waals surface area contributed by atoms with Crippen LogP contribution in [0.2, 0.25) is 0 Å². The number of fused-ring (bicyclic) bond motifs is 1. The Hall–Kier alpha value is -3.21. The first-order chi connectivity index (χ1) is 12.8. The van der Waals surface area contributed by atoms with E-state index in [0.717, 1.165) is 46.9 Å². The second-order valence-electron chi connectivity index (χ2n) is 6.24. The Kier molecular flexibility index (Phi) is 5.50. The Balaban J connectivity index is 0.00000210. The van der Waals surface area contributed by atoms with Crippen LogP contribution in [-0.4, -0.2) is 26.8 Å². The van der Waals surface area contributed by atoms with Crippen molar-refractivity contribution in [2.45, 2.75) is 27.3 Å². The molecule has 0 radical (unpaired) electrons. The molecule has 2 aromatic heterocycles. The van der Waals surface area contributed by atoms with Crippen LogP contribution in [0.1, 0.15) is 18.8 Å². The zero-order valence-corrected chi connectivity index (χ0v) is 15.0. The predicted molar refractivity (Wildman–Crippen MR) is 112 cm³/mol. The normalized spacial score (nSPS) is 10.6. The lowest BCUT2D eigenvalue weighted by molar-refractivity contribution is 0.631. The molecule has 0 spiro atoms.